The minimum atomic E-state index is -3.00. The van der Waals surface area contributed by atoms with Crippen molar-refractivity contribution in [3.8, 4) is 0 Å². The van der Waals surface area contributed by atoms with Crippen LogP contribution in [0.3, 0.4) is 0 Å². The predicted molar refractivity (Wildman–Crippen MR) is 73.1 cm³/mol. The van der Waals surface area contributed by atoms with Crippen LogP contribution in [-0.4, -0.2) is 58.9 Å². The lowest BCUT2D eigenvalue weighted by Gasteiger charge is -2.30. The summed E-state index contributed by atoms with van der Waals surface area (Å²) in [5.41, 5.74) is 0. The van der Waals surface area contributed by atoms with Gasteiger partial charge in [0.2, 0.25) is 10.0 Å². The molecular weight excluding hydrogens is 252 g/mol. The maximum atomic E-state index is 11.5. The van der Waals surface area contributed by atoms with E-state index in [2.05, 4.69) is 5.32 Å². The lowest BCUT2D eigenvalue weighted by Crippen LogP contribution is -2.39. The molecule has 1 unspecified atom stereocenters. The van der Waals surface area contributed by atoms with E-state index in [1.54, 1.807) is 11.4 Å². The van der Waals surface area contributed by atoms with Gasteiger partial charge in [-0.2, -0.15) is 0 Å². The first kappa shape index (κ1) is 15.9. The van der Waals surface area contributed by atoms with Gasteiger partial charge in [-0.25, -0.2) is 12.7 Å². The van der Waals surface area contributed by atoms with E-state index in [9.17, 15) is 8.42 Å². The topological polar surface area (TPSA) is 58.6 Å². The highest BCUT2D eigenvalue weighted by molar-refractivity contribution is 7.88. The van der Waals surface area contributed by atoms with Gasteiger partial charge in [-0.1, -0.05) is 0 Å². The van der Waals surface area contributed by atoms with E-state index in [1.165, 1.54) is 6.26 Å². The molecule has 0 radical (unpaired) electrons. The average molecular weight is 278 g/mol. The SMILES string of the molecule is COCCNCCCC1CCCN(S(C)(=O)=O)C1. The Labute approximate surface area is 111 Å². The van der Waals surface area contributed by atoms with Crippen molar-refractivity contribution in [1.29, 1.82) is 0 Å². The van der Waals surface area contributed by atoms with Crippen molar-refractivity contribution in [3.05, 3.63) is 0 Å². The van der Waals surface area contributed by atoms with Crippen molar-refractivity contribution in [2.75, 3.05) is 46.2 Å². The lowest BCUT2D eigenvalue weighted by atomic mass is 9.95. The summed E-state index contributed by atoms with van der Waals surface area (Å²) < 4.78 is 29.5. The fourth-order valence-electron chi connectivity index (χ4n) is 2.38. The van der Waals surface area contributed by atoms with E-state index in [0.29, 0.717) is 19.0 Å². The van der Waals surface area contributed by atoms with Gasteiger partial charge in [0, 0.05) is 26.7 Å². The van der Waals surface area contributed by atoms with Crippen LogP contribution in [0.5, 0.6) is 0 Å². The molecule has 6 heteroatoms. The summed E-state index contributed by atoms with van der Waals surface area (Å²) in [4.78, 5) is 0. The van der Waals surface area contributed by atoms with Crippen molar-refractivity contribution < 1.29 is 13.2 Å². The number of sulfonamides is 1. The molecule has 5 nitrogen and oxygen atoms in total. The molecule has 108 valence electrons. The number of nitrogens with one attached hydrogen (secondary N) is 1. The van der Waals surface area contributed by atoms with E-state index in [1.807, 2.05) is 0 Å². The highest BCUT2D eigenvalue weighted by Crippen LogP contribution is 2.22. The Bertz CT molecular complexity index is 319. The molecule has 1 atom stereocenters. The zero-order chi connectivity index (χ0) is 13.4. The normalized spacial score (nSPS) is 22.2. The maximum Gasteiger partial charge on any atom is 0.211 e. The average Bonchev–Trinajstić information content (AvgIpc) is 2.33. The molecule has 0 spiro atoms. The van der Waals surface area contributed by atoms with Gasteiger partial charge >= 0.3 is 0 Å². The quantitative estimate of drug-likeness (QED) is 0.663. The molecule has 18 heavy (non-hydrogen) atoms. The number of hydrogen-bond acceptors (Lipinski definition) is 4. The van der Waals surface area contributed by atoms with Gasteiger partial charge in [0.25, 0.3) is 0 Å². The molecule has 1 aliphatic heterocycles. The molecule has 0 bridgehead atoms. The molecule has 0 aromatic heterocycles. The second-order valence-corrected chi connectivity index (χ2v) is 7.00. The summed E-state index contributed by atoms with van der Waals surface area (Å²) in [6.45, 7) is 4.01. The molecule has 1 N–H and O–H groups in total. The third-order valence-electron chi connectivity index (χ3n) is 3.40. The van der Waals surface area contributed by atoms with Crippen molar-refractivity contribution >= 4 is 10.0 Å². The zero-order valence-electron chi connectivity index (χ0n) is 11.5. The lowest BCUT2D eigenvalue weighted by molar-refractivity contribution is 0.198. The molecular formula is C12H26N2O3S. The zero-order valence-corrected chi connectivity index (χ0v) is 12.3. The summed E-state index contributed by atoms with van der Waals surface area (Å²) in [7, 11) is -1.30. The number of rotatable bonds is 8. The number of piperidine rings is 1. The van der Waals surface area contributed by atoms with Crippen molar-refractivity contribution in [2.45, 2.75) is 25.7 Å². The van der Waals surface area contributed by atoms with Gasteiger partial charge in [-0.3, -0.25) is 0 Å². The molecule has 1 aliphatic rings. The number of nitrogens with zero attached hydrogens (tertiary/aromatic N) is 1. The number of ether oxygens (including phenoxy) is 1. The fraction of sp³-hybridized carbons (Fsp3) is 1.00. The number of hydrogen-bond donors (Lipinski definition) is 1. The Morgan fingerprint density at radius 2 is 2.17 bits per heavy atom. The van der Waals surface area contributed by atoms with Crippen LogP contribution in [0.15, 0.2) is 0 Å². The standard InChI is InChI=1S/C12H26N2O3S/c1-17-10-8-13-7-3-5-12-6-4-9-14(11-12)18(2,15)16/h12-13H,3-11H2,1-2H3. The third-order valence-corrected chi connectivity index (χ3v) is 4.67. The summed E-state index contributed by atoms with van der Waals surface area (Å²) in [5.74, 6) is 0.526. The van der Waals surface area contributed by atoms with Crippen LogP contribution in [0.2, 0.25) is 0 Å². The first-order valence-electron chi connectivity index (χ1n) is 6.69. The van der Waals surface area contributed by atoms with Crippen LogP contribution in [0.1, 0.15) is 25.7 Å². The van der Waals surface area contributed by atoms with E-state index < -0.39 is 10.0 Å². The minimum absolute atomic E-state index is 0.526. The summed E-state index contributed by atoms with van der Waals surface area (Å²) in [6, 6.07) is 0. The van der Waals surface area contributed by atoms with Crippen molar-refractivity contribution in [1.82, 2.24) is 9.62 Å². The molecule has 0 saturated carbocycles. The molecule has 1 heterocycles. The first-order chi connectivity index (χ1) is 8.54. The number of methoxy groups -OCH3 is 1. The first-order valence-corrected chi connectivity index (χ1v) is 8.53. The van der Waals surface area contributed by atoms with Crippen LogP contribution in [0.4, 0.5) is 0 Å². The Hall–Kier alpha value is -0.170. The van der Waals surface area contributed by atoms with Crippen LogP contribution >= 0.6 is 0 Å². The molecule has 0 amide bonds. The highest BCUT2D eigenvalue weighted by Gasteiger charge is 2.25. The molecule has 0 aliphatic carbocycles. The Balaban J connectivity index is 2.15. The smallest absolute Gasteiger partial charge is 0.211 e. The molecule has 1 saturated heterocycles. The van der Waals surface area contributed by atoms with Crippen LogP contribution < -0.4 is 5.32 Å². The van der Waals surface area contributed by atoms with Gasteiger partial charge in [0.15, 0.2) is 0 Å². The van der Waals surface area contributed by atoms with Crippen LogP contribution in [0, 0.1) is 5.92 Å². The fourth-order valence-corrected chi connectivity index (χ4v) is 3.32. The van der Waals surface area contributed by atoms with E-state index in [-0.39, 0.29) is 0 Å². The summed E-state index contributed by atoms with van der Waals surface area (Å²) >= 11 is 0. The second kappa shape index (κ2) is 8.09. The van der Waals surface area contributed by atoms with Crippen molar-refractivity contribution in [3.63, 3.8) is 0 Å². The van der Waals surface area contributed by atoms with Gasteiger partial charge < -0.3 is 10.1 Å². The molecule has 0 aromatic rings. The van der Waals surface area contributed by atoms with Crippen LogP contribution in [0.25, 0.3) is 0 Å². The largest absolute Gasteiger partial charge is 0.383 e. The molecule has 1 fully saturated rings. The summed E-state index contributed by atoms with van der Waals surface area (Å²) in [6.07, 6.45) is 5.67. The van der Waals surface area contributed by atoms with E-state index in [0.717, 1.165) is 45.4 Å². The Morgan fingerprint density at radius 1 is 1.39 bits per heavy atom. The Morgan fingerprint density at radius 3 is 2.83 bits per heavy atom. The van der Waals surface area contributed by atoms with E-state index >= 15 is 0 Å². The van der Waals surface area contributed by atoms with Crippen LogP contribution in [-0.2, 0) is 14.8 Å². The molecule has 0 aromatic carbocycles. The second-order valence-electron chi connectivity index (χ2n) is 5.01. The third kappa shape index (κ3) is 6.13. The van der Waals surface area contributed by atoms with Crippen molar-refractivity contribution in [2.24, 2.45) is 5.92 Å². The molecule has 1 rings (SSSR count). The summed E-state index contributed by atoms with van der Waals surface area (Å²) in [5, 5.41) is 3.31. The maximum absolute atomic E-state index is 11.5. The van der Waals surface area contributed by atoms with Gasteiger partial charge in [0.05, 0.1) is 12.9 Å². The minimum Gasteiger partial charge on any atom is -0.383 e. The van der Waals surface area contributed by atoms with Gasteiger partial charge in [-0.15, -0.1) is 0 Å². The highest BCUT2D eigenvalue weighted by atomic mass is 32.2. The van der Waals surface area contributed by atoms with E-state index in [4.69, 9.17) is 4.74 Å². The monoisotopic (exact) mass is 278 g/mol. The Kier molecular flexibility index (Phi) is 7.14. The van der Waals surface area contributed by atoms with Gasteiger partial charge in [-0.05, 0) is 38.1 Å². The predicted octanol–water partition coefficient (Wildman–Crippen LogP) is 0.674. The van der Waals surface area contributed by atoms with Gasteiger partial charge in [0.1, 0.15) is 0 Å².